The fraction of sp³-hybridized carbons (Fsp3) is 0.235. The van der Waals surface area contributed by atoms with Crippen LogP contribution in [0.3, 0.4) is 0 Å². The maximum Gasteiger partial charge on any atom is 0.273 e. The predicted octanol–water partition coefficient (Wildman–Crippen LogP) is 3.59. The number of aromatic nitrogens is 3. The molecule has 0 saturated carbocycles. The molecule has 5 nitrogen and oxygen atoms in total. The van der Waals surface area contributed by atoms with Gasteiger partial charge in [0.25, 0.3) is 5.91 Å². The monoisotopic (exact) mass is 374 g/mol. The van der Waals surface area contributed by atoms with E-state index >= 15 is 0 Å². The van der Waals surface area contributed by atoms with Gasteiger partial charge in [-0.15, -0.1) is 11.3 Å². The van der Waals surface area contributed by atoms with Gasteiger partial charge in [-0.05, 0) is 18.4 Å². The first-order valence-corrected chi connectivity index (χ1v) is 9.87. The molecule has 8 heteroatoms. The summed E-state index contributed by atoms with van der Waals surface area (Å²) in [5.41, 5.74) is 3.34. The standard InChI is InChI=1S/C17H15FN4OS2/c1-24-17-19-14(9-25-17)16(23)22-7-6-13-11(8-22)15(21-20-13)10-4-2-3-5-12(10)18/h2-5,9H,6-8H2,1H3,(H,20,21). The molecule has 1 N–H and O–H groups in total. The van der Waals surface area contributed by atoms with Gasteiger partial charge in [0.2, 0.25) is 0 Å². The molecule has 3 aromatic rings. The number of thiazole rings is 1. The van der Waals surface area contributed by atoms with E-state index in [0.29, 0.717) is 36.5 Å². The lowest BCUT2D eigenvalue weighted by molar-refractivity contribution is 0.0729. The minimum atomic E-state index is -0.315. The van der Waals surface area contributed by atoms with Crippen LogP contribution in [0.15, 0.2) is 34.0 Å². The number of H-pyrrole nitrogens is 1. The Morgan fingerprint density at radius 3 is 3.00 bits per heavy atom. The van der Waals surface area contributed by atoms with Crippen LogP contribution < -0.4 is 0 Å². The first kappa shape index (κ1) is 16.3. The van der Waals surface area contributed by atoms with Crippen molar-refractivity contribution in [3.8, 4) is 11.3 Å². The number of carbonyl (C=O) groups is 1. The quantitative estimate of drug-likeness (QED) is 0.712. The molecule has 0 radical (unpaired) electrons. The van der Waals surface area contributed by atoms with Gasteiger partial charge in [0, 0.05) is 35.2 Å². The highest BCUT2D eigenvalue weighted by Crippen LogP contribution is 2.30. The van der Waals surface area contributed by atoms with Crippen LogP contribution in [0.1, 0.15) is 21.7 Å². The van der Waals surface area contributed by atoms with Gasteiger partial charge in [0.15, 0.2) is 0 Å². The van der Waals surface area contributed by atoms with Gasteiger partial charge in [-0.2, -0.15) is 5.10 Å². The van der Waals surface area contributed by atoms with Crippen LogP contribution in [0.25, 0.3) is 11.3 Å². The van der Waals surface area contributed by atoms with E-state index in [1.165, 1.54) is 29.2 Å². The third-order valence-corrected chi connectivity index (χ3v) is 6.09. The van der Waals surface area contributed by atoms with E-state index in [-0.39, 0.29) is 11.7 Å². The normalized spacial score (nSPS) is 13.8. The van der Waals surface area contributed by atoms with Crippen LogP contribution in [0.2, 0.25) is 0 Å². The van der Waals surface area contributed by atoms with Gasteiger partial charge in [-0.25, -0.2) is 9.37 Å². The van der Waals surface area contributed by atoms with E-state index in [4.69, 9.17) is 0 Å². The maximum atomic E-state index is 14.1. The van der Waals surface area contributed by atoms with E-state index in [1.54, 1.807) is 28.5 Å². The van der Waals surface area contributed by atoms with Crippen molar-refractivity contribution in [2.24, 2.45) is 0 Å². The van der Waals surface area contributed by atoms with Gasteiger partial charge < -0.3 is 4.90 Å². The second-order valence-electron chi connectivity index (χ2n) is 5.69. The molecular formula is C17H15FN4OS2. The summed E-state index contributed by atoms with van der Waals surface area (Å²) in [6.45, 7) is 0.997. The maximum absolute atomic E-state index is 14.1. The molecule has 0 unspecified atom stereocenters. The molecule has 0 aliphatic carbocycles. The molecule has 0 spiro atoms. The lowest BCUT2D eigenvalue weighted by Crippen LogP contribution is -2.36. The minimum Gasteiger partial charge on any atom is -0.332 e. The van der Waals surface area contributed by atoms with E-state index < -0.39 is 0 Å². The molecule has 4 rings (SSSR count). The number of hydrogen-bond donors (Lipinski definition) is 1. The SMILES string of the molecule is CSc1nc(C(=O)N2CCc3[nH]nc(-c4ccccc4F)c3C2)cs1. The van der Waals surface area contributed by atoms with Crippen molar-refractivity contribution in [1.29, 1.82) is 0 Å². The first-order chi connectivity index (χ1) is 12.2. The summed E-state index contributed by atoms with van der Waals surface area (Å²) in [6, 6.07) is 6.56. The van der Waals surface area contributed by atoms with E-state index in [2.05, 4.69) is 15.2 Å². The molecule has 2 aromatic heterocycles. The highest BCUT2D eigenvalue weighted by molar-refractivity contribution is 8.00. The minimum absolute atomic E-state index is 0.0946. The van der Waals surface area contributed by atoms with Crippen LogP contribution in [-0.4, -0.2) is 38.8 Å². The Hall–Kier alpha value is -2.19. The van der Waals surface area contributed by atoms with Gasteiger partial charge in [0.1, 0.15) is 21.5 Å². The Kier molecular flexibility index (Phi) is 4.30. The number of nitrogens with zero attached hydrogens (tertiary/aromatic N) is 3. The van der Waals surface area contributed by atoms with Crippen LogP contribution in [0.5, 0.6) is 0 Å². The van der Waals surface area contributed by atoms with E-state index in [1.807, 2.05) is 6.26 Å². The Labute approximate surface area is 152 Å². The average Bonchev–Trinajstić information content (AvgIpc) is 3.28. The number of fused-ring (bicyclic) bond motifs is 1. The molecule has 0 saturated heterocycles. The average molecular weight is 374 g/mol. The molecule has 25 heavy (non-hydrogen) atoms. The lowest BCUT2D eigenvalue weighted by atomic mass is 10.0. The van der Waals surface area contributed by atoms with Crippen molar-refractivity contribution in [2.45, 2.75) is 17.3 Å². The van der Waals surface area contributed by atoms with Crippen molar-refractivity contribution in [2.75, 3.05) is 12.8 Å². The van der Waals surface area contributed by atoms with Crippen LogP contribution in [0, 0.1) is 5.82 Å². The number of amides is 1. The molecular weight excluding hydrogens is 359 g/mol. The van der Waals surface area contributed by atoms with Crippen LogP contribution >= 0.6 is 23.1 Å². The fourth-order valence-corrected chi connectivity index (χ4v) is 4.19. The molecule has 1 aliphatic rings. The number of thioether (sulfide) groups is 1. The summed E-state index contributed by atoms with van der Waals surface area (Å²) in [6.07, 6.45) is 2.61. The third-order valence-electron chi connectivity index (χ3n) is 4.23. The number of rotatable bonds is 3. The summed E-state index contributed by atoms with van der Waals surface area (Å²) in [7, 11) is 0. The number of halogens is 1. The molecule has 3 heterocycles. The Morgan fingerprint density at radius 2 is 2.24 bits per heavy atom. The second-order valence-corrected chi connectivity index (χ2v) is 7.60. The van der Waals surface area contributed by atoms with Gasteiger partial charge in [0.05, 0.1) is 6.54 Å². The third kappa shape index (κ3) is 2.96. The van der Waals surface area contributed by atoms with Crippen LogP contribution in [-0.2, 0) is 13.0 Å². The highest BCUT2D eigenvalue weighted by Gasteiger charge is 2.28. The number of hydrogen-bond acceptors (Lipinski definition) is 5. The summed E-state index contributed by atoms with van der Waals surface area (Å²) in [5, 5.41) is 9.07. The van der Waals surface area contributed by atoms with E-state index in [9.17, 15) is 9.18 Å². The van der Waals surface area contributed by atoms with Crippen LogP contribution in [0.4, 0.5) is 4.39 Å². The smallest absolute Gasteiger partial charge is 0.273 e. The predicted molar refractivity (Wildman–Crippen MR) is 96.3 cm³/mol. The summed E-state index contributed by atoms with van der Waals surface area (Å²) >= 11 is 2.99. The molecule has 0 atom stereocenters. The number of nitrogens with one attached hydrogen (secondary N) is 1. The van der Waals surface area contributed by atoms with Crippen molar-refractivity contribution in [1.82, 2.24) is 20.1 Å². The highest BCUT2D eigenvalue weighted by atomic mass is 32.2. The number of aromatic amines is 1. The lowest BCUT2D eigenvalue weighted by Gasteiger charge is -2.26. The molecule has 1 aliphatic heterocycles. The molecule has 1 amide bonds. The topological polar surface area (TPSA) is 61.9 Å². The molecule has 128 valence electrons. The zero-order valence-corrected chi connectivity index (χ0v) is 15.1. The zero-order chi connectivity index (χ0) is 17.4. The molecule has 0 bridgehead atoms. The molecule has 1 aromatic carbocycles. The number of carbonyl (C=O) groups excluding carboxylic acids is 1. The van der Waals surface area contributed by atoms with Crippen molar-refractivity contribution < 1.29 is 9.18 Å². The Morgan fingerprint density at radius 1 is 1.40 bits per heavy atom. The summed E-state index contributed by atoms with van der Waals surface area (Å²) in [5.74, 6) is -0.410. The second kappa shape index (κ2) is 6.61. The molecule has 0 fully saturated rings. The number of benzene rings is 1. The van der Waals surface area contributed by atoms with Gasteiger partial charge >= 0.3 is 0 Å². The first-order valence-electron chi connectivity index (χ1n) is 7.77. The van der Waals surface area contributed by atoms with Crippen molar-refractivity contribution >= 4 is 29.0 Å². The largest absolute Gasteiger partial charge is 0.332 e. The van der Waals surface area contributed by atoms with E-state index in [0.717, 1.165) is 15.6 Å². The summed E-state index contributed by atoms with van der Waals surface area (Å²) < 4.78 is 15.0. The van der Waals surface area contributed by atoms with Crippen molar-refractivity contribution in [3.05, 3.63) is 52.4 Å². The fourth-order valence-electron chi connectivity index (χ4n) is 2.96. The Balaban J connectivity index is 1.64. The van der Waals surface area contributed by atoms with Gasteiger partial charge in [-0.1, -0.05) is 23.9 Å². The Bertz CT molecular complexity index is 936. The van der Waals surface area contributed by atoms with Crippen molar-refractivity contribution in [3.63, 3.8) is 0 Å². The van der Waals surface area contributed by atoms with Gasteiger partial charge in [-0.3, -0.25) is 9.89 Å². The zero-order valence-electron chi connectivity index (χ0n) is 13.5. The summed E-state index contributed by atoms with van der Waals surface area (Å²) in [4.78, 5) is 18.8.